The van der Waals surface area contributed by atoms with Gasteiger partial charge < -0.3 is 5.32 Å². The summed E-state index contributed by atoms with van der Waals surface area (Å²) in [6.45, 7) is 4.22. The van der Waals surface area contributed by atoms with Crippen LogP contribution in [0, 0.1) is 0 Å². The van der Waals surface area contributed by atoms with E-state index in [1.807, 2.05) is 24.3 Å². The van der Waals surface area contributed by atoms with Crippen LogP contribution in [0.4, 0.5) is 5.69 Å². The fourth-order valence-electron chi connectivity index (χ4n) is 3.57. The normalized spacial score (nSPS) is 14.2. The first-order chi connectivity index (χ1) is 14.4. The zero-order valence-corrected chi connectivity index (χ0v) is 17.7. The quantitative estimate of drug-likeness (QED) is 0.681. The van der Waals surface area contributed by atoms with Crippen LogP contribution in [0.15, 0.2) is 71.9 Å². The molecular formula is C23H23N3O3S. The summed E-state index contributed by atoms with van der Waals surface area (Å²) in [6.07, 6.45) is 3.30. The summed E-state index contributed by atoms with van der Waals surface area (Å²) in [6, 6.07) is 16.3. The first-order valence-electron chi connectivity index (χ1n) is 9.79. The molecule has 0 atom stereocenters. The van der Waals surface area contributed by atoms with Gasteiger partial charge in [-0.05, 0) is 47.4 Å². The number of nitrogens with one attached hydrogen (secondary N) is 1. The fraction of sp³-hybridized carbons (Fsp3) is 0.217. The highest BCUT2D eigenvalue weighted by Crippen LogP contribution is 2.43. The van der Waals surface area contributed by atoms with E-state index in [1.54, 1.807) is 42.7 Å². The van der Waals surface area contributed by atoms with Crippen molar-refractivity contribution >= 4 is 21.6 Å². The Labute approximate surface area is 176 Å². The highest BCUT2D eigenvalue weighted by Gasteiger charge is 2.36. The lowest BCUT2D eigenvalue weighted by Crippen LogP contribution is -2.42. The van der Waals surface area contributed by atoms with E-state index in [0.29, 0.717) is 23.7 Å². The Bertz CT molecular complexity index is 1190. The van der Waals surface area contributed by atoms with Gasteiger partial charge in [0.15, 0.2) is 0 Å². The number of hydrogen-bond donors (Lipinski definition) is 1. The summed E-state index contributed by atoms with van der Waals surface area (Å²) in [5.41, 5.74) is 4.03. The van der Waals surface area contributed by atoms with Gasteiger partial charge in [0.2, 0.25) is 5.91 Å². The van der Waals surface area contributed by atoms with E-state index in [1.165, 1.54) is 4.31 Å². The maximum absolute atomic E-state index is 13.3. The van der Waals surface area contributed by atoms with Crippen LogP contribution in [-0.2, 0) is 21.4 Å². The first kappa shape index (κ1) is 20.1. The molecule has 0 saturated carbocycles. The molecule has 3 aromatic rings. The summed E-state index contributed by atoms with van der Waals surface area (Å²) < 4.78 is 27.9. The number of amides is 1. The molecule has 1 aromatic heterocycles. The molecule has 6 nitrogen and oxygen atoms in total. The van der Waals surface area contributed by atoms with E-state index < -0.39 is 10.0 Å². The molecule has 0 aliphatic carbocycles. The van der Waals surface area contributed by atoms with Crippen LogP contribution in [0.2, 0.25) is 0 Å². The van der Waals surface area contributed by atoms with Gasteiger partial charge in [0.25, 0.3) is 10.0 Å². The van der Waals surface area contributed by atoms with Crippen molar-refractivity contribution in [2.45, 2.75) is 31.2 Å². The number of fused-ring (bicyclic) bond motifs is 3. The predicted octanol–water partition coefficient (Wildman–Crippen LogP) is 3.70. The van der Waals surface area contributed by atoms with Crippen molar-refractivity contribution in [3.63, 3.8) is 0 Å². The molecule has 1 aliphatic heterocycles. The lowest BCUT2D eigenvalue weighted by Gasteiger charge is -2.32. The Hall–Kier alpha value is -3.19. The van der Waals surface area contributed by atoms with Crippen molar-refractivity contribution in [1.82, 2.24) is 10.3 Å². The fourth-order valence-corrected chi connectivity index (χ4v) is 5.22. The minimum atomic E-state index is -3.84. The number of carbonyl (C=O) groups is 1. The standard InChI is InChI=1S/C23H23N3O3S/c1-16(2)18-7-8-21-20(13-18)19-5-3-4-6-22(19)30(28,29)26(21)15-23(27)25-14-17-9-11-24-12-10-17/h3-13,16H,14-15H2,1-2H3,(H,25,27). The van der Waals surface area contributed by atoms with Crippen molar-refractivity contribution in [2.24, 2.45) is 0 Å². The van der Waals surface area contributed by atoms with Gasteiger partial charge in [0.1, 0.15) is 6.54 Å². The van der Waals surface area contributed by atoms with E-state index in [2.05, 4.69) is 24.1 Å². The molecule has 2 heterocycles. The lowest BCUT2D eigenvalue weighted by molar-refractivity contribution is -0.119. The Morgan fingerprint density at radius 1 is 1.03 bits per heavy atom. The second kappa shape index (κ2) is 7.91. The van der Waals surface area contributed by atoms with Crippen molar-refractivity contribution in [1.29, 1.82) is 0 Å². The molecule has 7 heteroatoms. The summed E-state index contributed by atoms with van der Waals surface area (Å²) in [7, 11) is -3.84. The van der Waals surface area contributed by atoms with Crippen LogP contribution in [0.1, 0.15) is 30.9 Å². The second-order valence-corrected chi connectivity index (χ2v) is 9.40. The van der Waals surface area contributed by atoms with Crippen molar-refractivity contribution in [3.05, 3.63) is 78.1 Å². The van der Waals surface area contributed by atoms with E-state index in [-0.39, 0.29) is 17.3 Å². The number of nitrogens with zero attached hydrogens (tertiary/aromatic N) is 2. The van der Waals surface area contributed by atoms with Gasteiger partial charge >= 0.3 is 0 Å². The minimum Gasteiger partial charge on any atom is -0.350 e. The number of sulfonamides is 1. The Morgan fingerprint density at radius 2 is 1.77 bits per heavy atom. The number of aromatic nitrogens is 1. The second-order valence-electron chi connectivity index (χ2n) is 7.57. The van der Waals surface area contributed by atoms with Gasteiger partial charge in [-0.15, -0.1) is 0 Å². The minimum absolute atomic E-state index is 0.223. The third-order valence-electron chi connectivity index (χ3n) is 5.23. The van der Waals surface area contributed by atoms with Gasteiger partial charge in [-0.1, -0.05) is 38.1 Å². The van der Waals surface area contributed by atoms with E-state index in [4.69, 9.17) is 0 Å². The zero-order valence-electron chi connectivity index (χ0n) is 16.9. The number of hydrogen-bond acceptors (Lipinski definition) is 4. The molecule has 0 unspecified atom stereocenters. The maximum atomic E-state index is 13.3. The van der Waals surface area contributed by atoms with E-state index >= 15 is 0 Å². The van der Waals surface area contributed by atoms with Crippen LogP contribution in [0.3, 0.4) is 0 Å². The Kier molecular flexibility index (Phi) is 5.30. The van der Waals surface area contributed by atoms with Crippen LogP contribution in [-0.4, -0.2) is 25.9 Å². The molecule has 0 bridgehead atoms. The van der Waals surface area contributed by atoms with Crippen LogP contribution in [0.25, 0.3) is 11.1 Å². The number of benzene rings is 2. The van der Waals surface area contributed by atoms with Crippen molar-refractivity contribution < 1.29 is 13.2 Å². The third-order valence-corrected chi connectivity index (χ3v) is 7.05. The molecule has 2 aromatic carbocycles. The van der Waals surface area contributed by atoms with Gasteiger partial charge in [-0.25, -0.2) is 8.42 Å². The monoisotopic (exact) mass is 421 g/mol. The molecule has 1 aliphatic rings. The van der Waals surface area contributed by atoms with E-state index in [0.717, 1.165) is 16.7 Å². The number of carbonyl (C=O) groups excluding carboxylic acids is 1. The van der Waals surface area contributed by atoms with Crippen LogP contribution >= 0.6 is 0 Å². The number of anilines is 1. The summed E-state index contributed by atoms with van der Waals surface area (Å²) in [5, 5.41) is 2.80. The van der Waals surface area contributed by atoms with Crippen LogP contribution < -0.4 is 9.62 Å². The van der Waals surface area contributed by atoms with E-state index in [9.17, 15) is 13.2 Å². The molecular weight excluding hydrogens is 398 g/mol. The van der Waals surface area contributed by atoms with Crippen molar-refractivity contribution in [3.8, 4) is 11.1 Å². The Morgan fingerprint density at radius 3 is 2.50 bits per heavy atom. The maximum Gasteiger partial charge on any atom is 0.265 e. The summed E-state index contributed by atoms with van der Waals surface area (Å²) in [4.78, 5) is 16.8. The average molecular weight is 422 g/mol. The Balaban J connectivity index is 1.69. The molecule has 0 radical (unpaired) electrons. The van der Waals surface area contributed by atoms with Crippen molar-refractivity contribution in [2.75, 3.05) is 10.8 Å². The largest absolute Gasteiger partial charge is 0.350 e. The van der Waals surface area contributed by atoms with Gasteiger partial charge in [-0.3, -0.25) is 14.1 Å². The lowest BCUT2D eigenvalue weighted by atomic mass is 9.95. The smallest absolute Gasteiger partial charge is 0.265 e. The van der Waals surface area contributed by atoms with Gasteiger partial charge in [0.05, 0.1) is 10.6 Å². The molecule has 154 valence electrons. The summed E-state index contributed by atoms with van der Waals surface area (Å²) in [5.74, 6) is -0.0632. The zero-order chi connectivity index (χ0) is 21.3. The molecule has 0 spiro atoms. The molecule has 0 saturated heterocycles. The predicted molar refractivity (Wildman–Crippen MR) is 117 cm³/mol. The highest BCUT2D eigenvalue weighted by molar-refractivity contribution is 7.93. The third kappa shape index (κ3) is 3.68. The molecule has 4 rings (SSSR count). The topological polar surface area (TPSA) is 79.4 Å². The molecule has 30 heavy (non-hydrogen) atoms. The molecule has 1 N–H and O–H groups in total. The highest BCUT2D eigenvalue weighted by atomic mass is 32.2. The van der Waals surface area contributed by atoms with Gasteiger partial charge in [0, 0.05) is 30.1 Å². The first-order valence-corrected chi connectivity index (χ1v) is 11.2. The van der Waals surface area contributed by atoms with Gasteiger partial charge in [-0.2, -0.15) is 0 Å². The molecule has 1 amide bonds. The number of pyridine rings is 1. The molecule has 0 fully saturated rings. The SMILES string of the molecule is CC(C)c1ccc2c(c1)-c1ccccc1S(=O)(=O)N2CC(=O)NCc1ccncc1. The van der Waals surface area contributed by atoms with Crippen LogP contribution in [0.5, 0.6) is 0 Å². The number of rotatable bonds is 5. The average Bonchev–Trinajstić information content (AvgIpc) is 2.75. The summed E-state index contributed by atoms with van der Waals surface area (Å²) >= 11 is 0.